The van der Waals surface area contributed by atoms with E-state index in [1.54, 1.807) is 0 Å². The van der Waals surface area contributed by atoms with E-state index in [4.69, 9.17) is 4.74 Å². The van der Waals surface area contributed by atoms with E-state index < -0.39 is 0 Å². The third-order valence-electron chi connectivity index (χ3n) is 3.19. The van der Waals surface area contributed by atoms with Gasteiger partial charge in [0.25, 0.3) is 0 Å². The van der Waals surface area contributed by atoms with Crippen LogP contribution < -0.4 is 0 Å². The first kappa shape index (κ1) is 15.0. The summed E-state index contributed by atoms with van der Waals surface area (Å²) in [6.07, 6.45) is 4.97. The number of aryl methyl sites for hydroxylation is 2. The summed E-state index contributed by atoms with van der Waals surface area (Å²) in [6, 6.07) is 18.2. The molecule has 0 aliphatic rings. The normalized spacial score (nSPS) is 10.7. The van der Waals surface area contributed by atoms with Gasteiger partial charge in [-0.25, -0.2) is 0 Å². The molecule has 0 heterocycles. The number of benzene rings is 2. The minimum absolute atomic E-state index is 0.160. The largest absolute Gasteiger partial charge is 0.461 e. The molecular weight excluding hydrogens is 260 g/mol. The number of ether oxygens (including phenoxy) is 1. The molecule has 2 nitrogen and oxygen atoms in total. The van der Waals surface area contributed by atoms with Crippen molar-refractivity contribution in [2.75, 3.05) is 6.61 Å². The van der Waals surface area contributed by atoms with Gasteiger partial charge in [-0.15, -0.1) is 0 Å². The third kappa shape index (κ3) is 5.65. The molecular formula is C19H20O2. The van der Waals surface area contributed by atoms with Gasteiger partial charge in [0.15, 0.2) is 0 Å². The van der Waals surface area contributed by atoms with Gasteiger partial charge in [0.2, 0.25) is 0 Å². The number of hydrogen-bond acceptors (Lipinski definition) is 2. The lowest BCUT2D eigenvalue weighted by Gasteiger charge is -2.02. The zero-order valence-electron chi connectivity index (χ0n) is 12.3. The van der Waals surface area contributed by atoms with Crippen LogP contribution in [0.4, 0.5) is 0 Å². The maximum absolute atomic E-state index is 11.6. The topological polar surface area (TPSA) is 26.3 Å². The molecule has 0 aromatic heterocycles. The number of esters is 1. The molecule has 108 valence electrons. The number of carbonyl (C=O) groups is 1. The summed E-state index contributed by atoms with van der Waals surface area (Å²) < 4.78 is 5.18. The third-order valence-corrected chi connectivity index (χ3v) is 3.19. The number of rotatable bonds is 6. The monoisotopic (exact) mass is 280 g/mol. The van der Waals surface area contributed by atoms with Gasteiger partial charge < -0.3 is 4.74 Å². The zero-order chi connectivity index (χ0) is 14.9. The van der Waals surface area contributed by atoms with E-state index in [-0.39, 0.29) is 5.97 Å². The predicted molar refractivity (Wildman–Crippen MR) is 85.9 cm³/mol. The van der Waals surface area contributed by atoms with Crippen LogP contribution in [0.2, 0.25) is 0 Å². The highest BCUT2D eigenvalue weighted by molar-refractivity contribution is 5.70. The first-order valence-electron chi connectivity index (χ1n) is 7.17. The van der Waals surface area contributed by atoms with Crippen LogP contribution in [0.5, 0.6) is 0 Å². The summed E-state index contributed by atoms with van der Waals surface area (Å²) >= 11 is 0. The molecule has 0 saturated carbocycles. The van der Waals surface area contributed by atoms with E-state index in [0.29, 0.717) is 13.0 Å². The zero-order valence-corrected chi connectivity index (χ0v) is 12.3. The van der Waals surface area contributed by atoms with Crippen molar-refractivity contribution >= 4 is 12.0 Å². The predicted octanol–water partition coefficient (Wildman–Crippen LogP) is 4.18. The van der Waals surface area contributed by atoms with Crippen molar-refractivity contribution < 1.29 is 9.53 Å². The molecule has 0 aliphatic heterocycles. The fourth-order valence-corrected chi connectivity index (χ4v) is 1.97. The van der Waals surface area contributed by atoms with Crippen LogP contribution in [-0.4, -0.2) is 12.6 Å². The molecule has 0 atom stereocenters. The molecule has 0 aliphatic carbocycles. The van der Waals surface area contributed by atoms with Crippen molar-refractivity contribution in [1.82, 2.24) is 0 Å². The lowest BCUT2D eigenvalue weighted by atomic mass is 10.1. The Kier molecular flexibility index (Phi) is 5.77. The molecule has 0 fully saturated rings. The maximum atomic E-state index is 11.6. The summed E-state index contributed by atoms with van der Waals surface area (Å²) in [5, 5.41) is 0. The first-order chi connectivity index (χ1) is 10.2. The van der Waals surface area contributed by atoms with Gasteiger partial charge in [0, 0.05) is 6.42 Å². The lowest BCUT2D eigenvalue weighted by Crippen LogP contribution is -2.05. The smallest absolute Gasteiger partial charge is 0.306 e. The van der Waals surface area contributed by atoms with Gasteiger partial charge in [-0.05, 0) is 30.5 Å². The van der Waals surface area contributed by atoms with Crippen LogP contribution in [0, 0.1) is 6.92 Å². The average molecular weight is 280 g/mol. The van der Waals surface area contributed by atoms with Gasteiger partial charge in [-0.1, -0.05) is 66.2 Å². The average Bonchev–Trinajstić information content (AvgIpc) is 2.52. The fraction of sp³-hybridized carbons (Fsp3) is 0.211. The Labute approximate surface area is 126 Å². The fourth-order valence-electron chi connectivity index (χ4n) is 1.97. The number of carbonyl (C=O) groups excluding carboxylic acids is 1. The molecule has 0 unspecified atom stereocenters. The molecule has 0 amide bonds. The van der Waals surface area contributed by atoms with Crippen molar-refractivity contribution in [3.8, 4) is 0 Å². The van der Waals surface area contributed by atoms with E-state index in [9.17, 15) is 4.79 Å². The molecule has 0 saturated heterocycles. The Hall–Kier alpha value is -2.35. The summed E-state index contributed by atoms with van der Waals surface area (Å²) in [5.74, 6) is -0.160. The van der Waals surface area contributed by atoms with Gasteiger partial charge in [-0.3, -0.25) is 4.79 Å². The highest BCUT2D eigenvalue weighted by atomic mass is 16.5. The summed E-state index contributed by atoms with van der Waals surface area (Å²) in [6.45, 7) is 2.38. The summed E-state index contributed by atoms with van der Waals surface area (Å²) in [7, 11) is 0. The van der Waals surface area contributed by atoms with Crippen molar-refractivity contribution in [2.24, 2.45) is 0 Å². The second kappa shape index (κ2) is 8.05. The molecule has 2 rings (SSSR count). The molecule has 0 radical (unpaired) electrons. The van der Waals surface area contributed by atoms with E-state index in [0.717, 1.165) is 17.5 Å². The highest BCUT2D eigenvalue weighted by Gasteiger charge is 2.02. The van der Waals surface area contributed by atoms with E-state index >= 15 is 0 Å². The van der Waals surface area contributed by atoms with Crippen molar-refractivity contribution in [1.29, 1.82) is 0 Å². The number of hydrogen-bond donors (Lipinski definition) is 0. The molecule has 21 heavy (non-hydrogen) atoms. The minimum Gasteiger partial charge on any atom is -0.461 e. The Balaban J connectivity index is 1.68. The van der Waals surface area contributed by atoms with Crippen LogP contribution >= 0.6 is 0 Å². The highest BCUT2D eigenvalue weighted by Crippen LogP contribution is 2.06. The van der Waals surface area contributed by atoms with Crippen LogP contribution in [0.3, 0.4) is 0 Å². The van der Waals surface area contributed by atoms with Crippen LogP contribution in [0.1, 0.15) is 23.1 Å². The van der Waals surface area contributed by atoms with Gasteiger partial charge in [-0.2, -0.15) is 0 Å². The Morgan fingerprint density at radius 1 is 1.05 bits per heavy atom. The van der Waals surface area contributed by atoms with E-state index in [1.165, 1.54) is 5.56 Å². The van der Waals surface area contributed by atoms with E-state index in [2.05, 4.69) is 19.1 Å². The second-order valence-electron chi connectivity index (χ2n) is 4.98. The molecule has 0 bridgehead atoms. The molecule has 2 heteroatoms. The molecule has 2 aromatic carbocycles. The van der Waals surface area contributed by atoms with Crippen LogP contribution in [-0.2, 0) is 16.0 Å². The minimum atomic E-state index is -0.160. The van der Waals surface area contributed by atoms with E-state index in [1.807, 2.05) is 54.6 Å². The van der Waals surface area contributed by atoms with Crippen molar-refractivity contribution in [3.63, 3.8) is 0 Å². The lowest BCUT2D eigenvalue weighted by molar-refractivity contribution is -0.142. The van der Waals surface area contributed by atoms with Crippen LogP contribution in [0.15, 0.2) is 60.7 Å². The maximum Gasteiger partial charge on any atom is 0.306 e. The van der Waals surface area contributed by atoms with Crippen LogP contribution in [0.25, 0.3) is 6.08 Å². The van der Waals surface area contributed by atoms with Crippen molar-refractivity contribution in [2.45, 2.75) is 19.8 Å². The Bertz CT molecular complexity index is 583. The quantitative estimate of drug-likeness (QED) is 0.742. The van der Waals surface area contributed by atoms with Gasteiger partial charge in [0.05, 0.1) is 0 Å². The Morgan fingerprint density at radius 2 is 1.76 bits per heavy atom. The SMILES string of the molecule is Cc1ccc(C=CCOC(=O)CCc2ccccc2)cc1. The first-order valence-corrected chi connectivity index (χ1v) is 7.17. The van der Waals surface area contributed by atoms with Gasteiger partial charge in [0.1, 0.15) is 6.61 Å². The molecule has 2 aromatic rings. The summed E-state index contributed by atoms with van der Waals surface area (Å²) in [4.78, 5) is 11.6. The summed E-state index contributed by atoms with van der Waals surface area (Å²) in [5.41, 5.74) is 3.50. The second-order valence-corrected chi connectivity index (χ2v) is 4.98. The molecule has 0 spiro atoms. The Morgan fingerprint density at radius 3 is 2.48 bits per heavy atom. The van der Waals surface area contributed by atoms with Crippen molar-refractivity contribution in [3.05, 3.63) is 77.4 Å². The standard InChI is InChI=1S/C19H20O2/c1-16-9-11-18(12-10-16)8-5-15-21-19(20)14-13-17-6-3-2-4-7-17/h2-12H,13-15H2,1H3. The van der Waals surface area contributed by atoms with Gasteiger partial charge >= 0.3 is 5.97 Å². The molecule has 0 N–H and O–H groups in total.